The van der Waals surface area contributed by atoms with E-state index in [2.05, 4.69) is 28.5 Å². The molecule has 0 radical (unpaired) electrons. The van der Waals surface area contributed by atoms with Gasteiger partial charge in [0.2, 0.25) is 0 Å². The van der Waals surface area contributed by atoms with E-state index in [-0.39, 0.29) is 12.5 Å². The highest BCUT2D eigenvalue weighted by Crippen LogP contribution is 2.40. The Morgan fingerprint density at radius 3 is 2.31 bits per heavy atom. The molecule has 2 aromatic rings. The lowest BCUT2D eigenvalue weighted by atomic mass is 9.73. The topological polar surface area (TPSA) is 115 Å². The van der Waals surface area contributed by atoms with Crippen molar-refractivity contribution in [1.82, 2.24) is 0 Å². The number of hydrogen-bond donors (Lipinski definition) is 3. The van der Waals surface area contributed by atoms with Crippen LogP contribution in [-0.2, 0) is 14.9 Å². The minimum Gasteiger partial charge on any atom is -0.481 e. The minimum absolute atomic E-state index is 0.0215. The average Bonchev–Trinajstić information content (AvgIpc) is 2.89. The second-order valence-electron chi connectivity index (χ2n) is 9.19. The predicted molar refractivity (Wildman–Crippen MR) is 142 cm³/mol. The molecule has 3 rings (SSSR count). The van der Waals surface area contributed by atoms with Crippen molar-refractivity contribution in [2.24, 2.45) is 0 Å². The van der Waals surface area contributed by atoms with E-state index in [1.165, 1.54) is 0 Å². The number of ether oxygens (including phenoxy) is 1. The molecule has 0 atom stereocenters. The van der Waals surface area contributed by atoms with Crippen molar-refractivity contribution in [3.05, 3.63) is 53.6 Å². The van der Waals surface area contributed by atoms with E-state index in [0.717, 1.165) is 30.6 Å². The van der Waals surface area contributed by atoms with Crippen molar-refractivity contribution in [3.63, 3.8) is 0 Å². The van der Waals surface area contributed by atoms with E-state index in [9.17, 15) is 14.7 Å². The lowest BCUT2D eigenvalue weighted by Gasteiger charge is -2.37. The molecule has 0 aliphatic carbocycles. The molecule has 0 unspecified atom stereocenters. The molecule has 192 valence electrons. The fourth-order valence-corrected chi connectivity index (χ4v) is 5.05. The molecule has 3 N–H and O–H groups in total. The number of nitrogens with zero attached hydrogens (tertiary/aromatic N) is 2. The Balaban J connectivity index is 1.98. The van der Waals surface area contributed by atoms with Crippen molar-refractivity contribution in [3.8, 4) is 6.07 Å². The van der Waals surface area contributed by atoms with Crippen molar-refractivity contribution in [2.45, 2.75) is 64.3 Å². The van der Waals surface area contributed by atoms with Gasteiger partial charge in [0.1, 0.15) is 0 Å². The third-order valence-electron chi connectivity index (χ3n) is 7.25. The fourth-order valence-electron chi connectivity index (χ4n) is 5.05. The zero-order valence-corrected chi connectivity index (χ0v) is 21.3. The van der Waals surface area contributed by atoms with Crippen molar-refractivity contribution in [1.29, 1.82) is 5.26 Å². The second-order valence-corrected chi connectivity index (χ2v) is 9.19. The van der Waals surface area contributed by atoms with Gasteiger partial charge >= 0.3 is 12.0 Å². The number of benzene rings is 2. The zero-order valence-electron chi connectivity index (χ0n) is 21.3. The first kappa shape index (κ1) is 27.0. The van der Waals surface area contributed by atoms with Gasteiger partial charge < -0.3 is 25.4 Å². The highest BCUT2D eigenvalue weighted by atomic mass is 16.5. The van der Waals surface area contributed by atoms with Crippen molar-refractivity contribution in [2.75, 3.05) is 35.3 Å². The number of carboxylic acid groups (broad SMARTS) is 1. The third kappa shape index (κ3) is 6.35. The summed E-state index contributed by atoms with van der Waals surface area (Å²) in [6, 6.07) is 14.6. The summed E-state index contributed by atoms with van der Waals surface area (Å²) in [6.45, 7) is 8.27. The van der Waals surface area contributed by atoms with Gasteiger partial charge in [-0.05, 0) is 74.6 Å². The second kappa shape index (κ2) is 12.4. The first-order valence-corrected chi connectivity index (χ1v) is 12.6. The molecule has 1 heterocycles. The molecule has 0 saturated carbocycles. The quantitative estimate of drug-likeness (QED) is 0.390. The van der Waals surface area contributed by atoms with E-state index in [1.54, 1.807) is 24.3 Å². The average molecular weight is 493 g/mol. The summed E-state index contributed by atoms with van der Waals surface area (Å²) < 4.78 is 5.56. The zero-order chi connectivity index (χ0) is 26.1. The largest absolute Gasteiger partial charge is 0.481 e. The molecule has 1 fully saturated rings. The Bertz CT molecular complexity index is 1080. The number of nitriles is 1. The Morgan fingerprint density at radius 1 is 1.08 bits per heavy atom. The molecule has 1 aliphatic heterocycles. The van der Waals surface area contributed by atoms with Gasteiger partial charge in [-0.1, -0.05) is 19.9 Å². The molecule has 8 heteroatoms. The maximum absolute atomic E-state index is 13.0. The normalized spacial score (nSPS) is 14.1. The van der Waals surface area contributed by atoms with E-state index in [0.29, 0.717) is 43.0 Å². The van der Waals surface area contributed by atoms with Crippen LogP contribution in [0.1, 0.15) is 64.0 Å². The molecule has 8 nitrogen and oxygen atoms in total. The van der Waals surface area contributed by atoms with Crippen LogP contribution in [0.5, 0.6) is 0 Å². The molecule has 1 aliphatic rings. The van der Waals surface area contributed by atoms with Crippen LogP contribution in [0.4, 0.5) is 21.9 Å². The van der Waals surface area contributed by atoms with Crippen LogP contribution in [0.3, 0.4) is 0 Å². The van der Waals surface area contributed by atoms with Crippen LogP contribution in [0.25, 0.3) is 0 Å². The first-order chi connectivity index (χ1) is 17.4. The van der Waals surface area contributed by atoms with Crippen LogP contribution in [0, 0.1) is 11.3 Å². The Morgan fingerprint density at radius 2 is 1.75 bits per heavy atom. The van der Waals surface area contributed by atoms with Crippen LogP contribution in [0.2, 0.25) is 0 Å². The van der Waals surface area contributed by atoms with E-state index in [4.69, 9.17) is 10.00 Å². The molecule has 0 aromatic heterocycles. The van der Waals surface area contributed by atoms with Gasteiger partial charge in [-0.2, -0.15) is 5.26 Å². The van der Waals surface area contributed by atoms with Gasteiger partial charge in [0.15, 0.2) is 0 Å². The first-order valence-electron chi connectivity index (χ1n) is 12.6. The van der Waals surface area contributed by atoms with E-state index >= 15 is 0 Å². The monoisotopic (exact) mass is 492 g/mol. The molecule has 2 aromatic carbocycles. The number of carbonyl (C=O) groups excluding carboxylic acids is 1. The summed E-state index contributed by atoms with van der Waals surface area (Å²) >= 11 is 0. The summed E-state index contributed by atoms with van der Waals surface area (Å²) in [5.41, 5.74) is 3.00. The molecule has 2 amide bonds. The molecular formula is C28H36N4O4. The van der Waals surface area contributed by atoms with Crippen LogP contribution in [0.15, 0.2) is 42.5 Å². The van der Waals surface area contributed by atoms with E-state index < -0.39 is 17.4 Å². The van der Waals surface area contributed by atoms with Crippen molar-refractivity contribution < 1.29 is 19.4 Å². The van der Waals surface area contributed by atoms with Gasteiger partial charge in [-0.25, -0.2) is 4.79 Å². The smallest absolute Gasteiger partial charge is 0.323 e. The molecule has 0 spiro atoms. The lowest BCUT2D eigenvalue weighted by molar-refractivity contribution is -0.138. The highest BCUT2D eigenvalue weighted by molar-refractivity contribution is 6.02. The molecule has 0 bridgehead atoms. The van der Waals surface area contributed by atoms with Gasteiger partial charge in [0, 0.05) is 36.9 Å². The number of urea groups is 1. The summed E-state index contributed by atoms with van der Waals surface area (Å²) in [5.74, 6) is -0.840. The van der Waals surface area contributed by atoms with Gasteiger partial charge in [-0.15, -0.1) is 0 Å². The van der Waals surface area contributed by atoms with Crippen LogP contribution < -0.4 is 15.5 Å². The van der Waals surface area contributed by atoms with Gasteiger partial charge in [-0.3, -0.25) is 4.79 Å². The highest BCUT2D eigenvalue weighted by Gasteiger charge is 2.33. The number of amides is 2. The van der Waals surface area contributed by atoms with Gasteiger partial charge in [0.25, 0.3) is 0 Å². The number of hydrogen-bond acceptors (Lipinski definition) is 5. The Hall–Kier alpha value is -3.57. The molecular weight excluding hydrogens is 456 g/mol. The summed E-state index contributed by atoms with van der Waals surface area (Å²) in [5, 5.41) is 24.5. The Kier molecular flexibility index (Phi) is 9.31. The maximum atomic E-state index is 13.0. The van der Waals surface area contributed by atoms with E-state index in [1.807, 2.05) is 32.0 Å². The number of anilines is 3. The summed E-state index contributed by atoms with van der Waals surface area (Å²) in [6.07, 6.45) is 3.17. The number of aliphatic carboxylic acids is 1. The molecule has 36 heavy (non-hydrogen) atoms. The molecule has 1 saturated heterocycles. The summed E-state index contributed by atoms with van der Waals surface area (Å²) in [7, 11) is 0. The third-order valence-corrected chi connectivity index (χ3v) is 7.25. The van der Waals surface area contributed by atoms with Crippen LogP contribution in [-0.4, -0.2) is 42.9 Å². The SMILES string of the molecule is CCN(c1ccc(C(CC)(CC)CC(=O)O)cc1NC(=O)Nc1ccc(C#N)cc1)C1CCOCC1. The number of rotatable bonds is 10. The lowest BCUT2D eigenvalue weighted by Crippen LogP contribution is -2.40. The summed E-state index contributed by atoms with van der Waals surface area (Å²) in [4.78, 5) is 27.1. The number of nitrogens with one attached hydrogen (secondary N) is 2. The van der Waals surface area contributed by atoms with Gasteiger partial charge in [0.05, 0.1) is 29.4 Å². The number of carbonyl (C=O) groups is 2. The standard InChI is InChI=1S/C28H36N4O4/c1-4-28(5-2,18-26(33)34)21-9-12-25(32(6-3)23-13-15-36-16-14-23)24(17-21)31-27(35)30-22-10-7-20(19-29)8-11-22/h7-12,17,23H,4-6,13-16,18H2,1-3H3,(H,33,34)(H2,30,31,35). The predicted octanol–water partition coefficient (Wildman–Crippen LogP) is 5.74. The maximum Gasteiger partial charge on any atom is 0.323 e. The fraction of sp³-hybridized carbons (Fsp3) is 0.464. The number of carboxylic acids is 1. The Labute approximate surface area is 213 Å². The van der Waals surface area contributed by atoms with Crippen molar-refractivity contribution >= 4 is 29.1 Å². The van der Waals surface area contributed by atoms with Crippen LogP contribution >= 0.6 is 0 Å². The minimum atomic E-state index is -0.840.